The number of rotatable bonds is 1. The number of aryl methyl sites for hydroxylation is 2. The van der Waals surface area contributed by atoms with Crippen molar-refractivity contribution in [3.05, 3.63) is 41.3 Å². The Morgan fingerprint density at radius 1 is 1.20 bits per heavy atom. The van der Waals surface area contributed by atoms with Crippen molar-refractivity contribution in [2.45, 2.75) is 13.8 Å². The van der Waals surface area contributed by atoms with E-state index in [1.807, 2.05) is 44.2 Å². The maximum Gasteiger partial charge on any atom is 0.210 e. The molecule has 0 saturated carbocycles. The largest absolute Gasteiger partial charge is 0.333 e. The van der Waals surface area contributed by atoms with E-state index in [0.717, 1.165) is 17.0 Å². The number of hydrogen-bond acceptors (Lipinski definition) is 2. The predicted molar refractivity (Wildman–Crippen MR) is 58.2 cm³/mol. The molecule has 0 atom stereocenters. The molecule has 3 nitrogen and oxygen atoms in total. The third-order valence-electron chi connectivity index (χ3n) is 2.32. The van der Waals surface area contributed by atoms with Crippen LogP contribution in [0.25, 0.3) is 11.3 Å². The van der Waals surface area contributed by atoms with Gasteiger partial charge >= 0.3 is 0 Å². The van der Waals surface area contributed by atoms with Gasteiger partial charge in [-0.25, -0.2) is 4.98 Å². The summed E-state index contributed by atoms with van der Waals surface area (Å²) in [6.45, 7) is 3.96. The van der Waals surface area contributed by atoms with Gasteiger partial charge in [-0.3, -0.25) is 0 Å². The van der Waals surface area contributed by atoms with Gasteiger partial charge in [-0.1, -0.05) is 29.8 Å². The number of nitriles is 1. The third-order valence-corrected chi connectivity index (χ3v) is 2.32. The second-order valence-electron chi connectivity index (χ2n) is 3.54. The van der Waals surface area contributed by atoms with Crippen LogP contribution in [0.15, 0.2) is 24.3 Å². The van der Waals surface area contributed by atoms with Crippen molar-refractivity contribution in [2.24, 2.45) is 0 Å². The fourth-order valence-corrected chi connectivity index (χ4v) is 1.51. The average molecular weight is 197 g/mol. The van der Waals surface area contributed by atoms with Crippen LogP contribution in [0.3, 0.4) is 0 Å². The van der Waals surface area contributed by atoms with Crippen LogP contribution in [0, 0.1) is 25.2 Å². The smallest absolute Gasteiger partial charge is 0.210 e. The van der Waals surface area contributed by atoms with E-state index in [2.05, 4.69) is 9.97 Å². The van der Waals surface area contributed by atoms with Crippen LogP contribution < -0.4 is 0 Å². The lowest BCUT2D eigenvalue weighted by atomic mass is 10.1. The molecule has 0 saturated heterocycles. The van der Waals surface area contributed by atoms with E-state index in [1.165, 1.54) is 5.56 Å². The Hall–Kier alpha value is -2.08. The molecular weight excluding hydrogens is 186 g/mol. The minimum absolute atomic E-state index is 0.364. The van der Waals surface area contributed by atoms with E-state index in [1.54, 1.807) is 0 Å². The Bertz CT molecular complexity index is 515. The summed E-state index contributed by atoms with van der Waals surface area (Å²) in [5, 5.41) is 8.72. The van der Waals surface area contributed by atoms with Gasteiger partial charge < -0.3 is 4.98 Å². The summed E-state index contributed by atoms with van der Waals surface area (Å²) < 4.78 is 0. The minimum atomic E-state index is 0.364. The number of H-pyrrole nitrogens is 1. The average Bonchev–Trinajstić information content (AvgIpc) is 2.61. The van der Waals surface area contributed by atoms with E-state index in [0.29, 0.717) is 5.82 Å². The molecule has 15 heavy (non-hydrogen) atoms. The summed E-state index contributed by atoms with van der Waals surface area (Å²) in [5.74, 6) is 0.364. The van der Waals surface area contributed by atoms with E-state index in [-0.39, 0.29) is 0 Å². The Balaban J connectivity index is 2.50. The van der Waals surface area contributed by atoms with E-state index >= 15 is 0 Å². The number of aromatic amines is 1. The number of hydrogen-bond donors (Lipinski definition) is 1. The molecule has 0 aliphatic heterocycles. The second-order valence-corrected chi connectivity index (χ2v) is 3.54. The zero-order valence-corrected chi connectivity index (χ0v) is 8.70. The highest BCUT2D eigenvalue weighted by molar-refractivity contribution is 5.62. The fourth-order valence-electron chi connectivity index (χ4n) is 1.51. The van der Waals surface area contributed by atoms with Crippen molar-refractivity contribution < 1.29 is 0 Å². The van der Waals surface area contributed by atoms with Crippen molar-refractivity contribution in [2.75, 3.05) is 0 Å². The van der Waals surface area contributed by atoms with Crippen molar-refractivity contribution in [3.63, 3.8) is 0 Å². The molecule has 1 aromatic carbocycles. The van der Waals surface area contributed by atoms with Crippen LogP contribution in [0.1, 0.15) is 17.1 Å². The summed E-state index contributed by atoms with van der Waals surface area (Å²) in [7, 11) is 0. The quantitative estimate of drug-likeness (QED) is 0.763. The molecule has 1 heterocycles. The lowest BCUT2D eigenvalue weighted by Crippen LogP contribution is -1.81. The Morgan fingerprint density at radius 2 is 1.87 bits per heavy atom. The molecule has 0 spiro atoms. The summed E-state index contributed by atoms with van der Waals surface area (Å²) in [5.41, 5.74) is 4.03. The molecule has 0 aliphatic rings. The van der Waals surface area contributed by atoms with Crippen LogP contribution in [-0.2, 0) is 0 Å². The van der Waals surface area contributed by atoms with Gasteiger partial charge in [-0.2, -0.15) is 5.26 Å². The van der Waals surface area contributed by atoms with Crippen LogP contribution >= 0.6 is 0 Å². The van der Waals surface area contributed by atoms with Crippen molar-refractivity contribution in [3.8, 4) is 17.3 Å². The number of nitrogens with zero attached hydrogens (tertiary/aromatic N) is 2. The Morgan fingerprint density at radius 3 is 2.40 bits per heavy atom. The summed E-state index contributed by atoms with van der Waals surface area (Å²) in [6, 6.07) is 10.1. The maximum atomic E-state index is 8.72. The molecule has 2 aromatic rings. The van der Waals surface area contributed by atoms with Crippen molar-refractivity contribution in [1.82, 2.24) is 9.97 Å². The topological polar surface area (TPSA) is 52.5 Å². The number of benzene rings is 1. The van der Waals surface area contributed by atoms with Gasteiger partial charge in [0.25, 0.3) is 0 Å². The highest BCUT2D eigenvalue weighted by Gasteiger charge is 2.07. The van der Waals surface area contributed by atoms with Gasteiger partial charge in [0.05, 0.1) is 5.69 Å². The second kappa shape index (κ2) is 3.58. The Labute approximate surface area is 88.4 Å². The highest BCUT2D eigenvalue weighted by Crippen LogP contribution is 2.21. The third kappa shape index (κ3) is 1.75. The number of aromatic nitrogens is 2. The molecule has 2 rings (SSSR count). The number of imidazole rings is 1. The minimum Gasteiger partial charge on any atom is -0.333 e. The fraction of sp³-hybridized carbons (Fsp3) is 0.167. The first-order chi connectivity index (χ1) is 7.20. The van der Waals surface area contributed by atoms with Crippen LogP contribution in [0.4, 0.5) is 0 Å². The lowest BCUT2D eigenvalue weighted by Gasteiger charge is -1.98. The predicted octanol–water partition coefficient (Wildman–Crippen LogP) is 2.57. The monoisotopic (exact) mass is 197 g/mol. The molecule has 0 aliphatic carbocycles. The first kappa shape index (κ1) is 9.47. The highest BCUT2D eigenvalue weighted by atomic mass is 14.9. The molecular formula is C12H11N3. The molecule has 0 unspecified atom stereocenters. The summed E-state index contributed by atoms with van der Waals surface area (Å²) in [4.78, 5) is 7.15. The molecule has 0 amide bonds. The van der Waals surface area contributed by atoms with Gasteiger partial charge in [0.2, 0.25) is 5.82 Å². The molecule has 0 radical (unpaired) electrons. The zero-order chi connectivity index (χ0) is 10.8. The van der Waals surface area contributed by atoms with Crippen molar-refractivity contribution in [1.29, 1.82) is 5.26 Å². The van der Waals surface area contributed by atoms with Crippen LogP contribution in [0.2, 0.25) is 0 Å². The Kier molecular flexibility index (Phi) is 2.26. The van der Waals surface area contributed by atoms with Gasteiger partial charge in [0.15, 0.2) is 0 Å². The van der Waals surface area contributed by atoms with E-state index < -0.39 is 0 Å². The molecule has 1 aromatic heterocycles. The summed E-state index contributed by atoms with van der Waals surface area (Å²) >= 11 is 0. The van der Waals surface area contributed by atoms with Gasteiger partial charge in [0, 0.05) is 11.3 Å². The first-order valence-electron chi connectivity index (χ1n) is 4.74. The summed E-state index contributed by atoms with van der Waals surface area (Å²) in [6.07, 6.45) is 0. The first-order valence-corrected chi connectivity index (χ1v) is 4.74. The molecule has 0 fully saturated rings. The van der Waals surface area contributed by atoms with Crippen molar-refractivity contribution >= 4 is 0 Å². The zero-order valence-electron chi connectivity index (χ0n) is 8.70. The molecule has 74 valence electrons. The van der Waals surface area contributed by atoms with E-state index in [9.17, 15) is 0 Å². The molecule has 3 heteroatoms. The van der Waals surface area contributed by atoms with E-state index in [4.69, 9.17) is 5.26 Å². The standard InChI is InChI=1S/C12H11N3/c1-8-3-5-10(6-4-8)12-9(2)14-11(7-13)15-12/h3-6H,1-2H3,(H,14,15). The van der Waals surface area contributed by atoms with Gasteiger partial charge in [-0.05, 0) is 13.8 Å². The van der Waals surface area contributed by atoms with Gasteiger partial charge in [-0.15, -0.1) is 0 Å². The van der Waals surface area contributed by atoms with Crippen LogP contribution in [0.5, 0.6) is 0 Å². The maximum absolute atomic E-state index is 8.72. The SMILES string of the molecule is Cc1ccc(-c2nc(C#N)[nH]c2C)cc1. The molecule has 0 bridgehead atoms. The van der Waals surface area contributed by atoms with Crippen LogP contribution in [-0.4, -0.2) is 9.97 Å². The van der Waals surface area contributed by atoms with Gasteiger partial charge in [0.1, 0.15) is 6.07 Å². The normalized spacial score (nSPS) is 9.93. The lowest BCUT2D eigenvalue weighted by molar-refractivity contribution is 1.20. The molecule has 1 N–H and O–H groups in total. The number of nitrogens with one attached hydrogen (secondary N) is 1.